The van der Waals surface area contributed by atoms with Crippen molar-refractivity contribution >= 4 is 29.1 Å². The minimum atomic E-state index is -0.401. The average molecular weight is 591 g/mol. The van der Waals surface area contributed by atoms with Gasteiger partial charge in [-0.05, 0) is 48.0 Å². The highest BCUT2D eigenvalue weighted by molar-refractivity contribution is 6.33. The van der Waals surface area contributed by atoms with Gasteiger partial charge in [0.15, 0.2) is 0 Å². The maximum absolute atomic E-state index is 14.1. The van der Waals surface area contributed by atoms with Crippen LogP contribution in [0.1, 0.15) is 33.9 Å². The van der Waals surface area contributed by atoms with Gasteiger partial charge < -0.3 is 19.1 Å². The number of benzene rings is 3. The zero-order chi connectivity index (χ0) is 29.5. The van der Waals surface area contributed by atoms with Gasteiger partial charge in [0.05, 0.1) is 49.8 Å². The van der Waals surface area contributed by atoms with Crippen LogP contribution >= 0.6 is 11.6 Å². The van der Waals surface area contributed by atoms with Crippen molar-refractivity contribution in [1.82, 2.24) is 14.8 Å². The molecule has 220 valence electrons. The van der Waals surface area contributed by atoms with Crippen molar-refractivity contribution in [3.8, 4) is 11.5 Å². The molecule has 10 heteroatoms. The predicted molar refractivity (Wildman–Crippen MR) is 161 cm³/mol. The molecular weight excluding hydrogens is 556 g/mol. The molecule has 0 spiro atoms. The number of nitrogens with zero attached hydrogens (tertiary/aromatic N) is 4. The number of morpholine rings is 1. The van der Waals surface area contributed by atoms with Gasteiger partial charge in [-0.1, -0.05) is 41.9 Å². The molecule has 3 aromatic carbocycles. The molecule has 0 N–H and O–H groups in total. The van der Waals surface area contributed by atoms with Gasteiger partial charge in [-0.3, -0.25) is 14.5 Å². The van der Waals surface area contributed by atoms with E-state index < -0.39 is 6.04 Å². The maximum Gasteiger partial charge on any atom is 0.262 e. The standard InChI is InChI=1S/C32H35ClN4O5/c1-40-24-13-11-23(12-14-24)28-21-29(26-8-4-6-10-30(26)41-2)37(34-28)31(38)22-36(16-15-35-17-19-42-20-18-35)32(39)25-7-3-5-9-27(25)33/h3-14,29H,15-22H2,1-2H3/t29-/m1/s1. The second kappa shape index (κ2) is 13.8. The summed E-state index contributed by atoms with van der Waals surface area (Å²) < 4.78 is 16.4. The van der Waals surface area contributed by atoms with Crippen molar-refractivity contribution in [2.24, 2.45) is 5.10 Å². The van der Waals surface area contributed by atoms with E-state index in [-0.39, 0.29) is 18.4 Å². The molecule has 0 aliphatic carbocycles. The van der Waals surface area contributed by atoms with E-state index in [4.69, 9.17) is 30.9 Å². The molecule has 5 rings (SSSR count). The molecule has 1 saturated heterocycles. The van der Waals surface area contributed by atoms with Crippen LogP contribution in [0.25, 0.3) is 0 Å². The van der Waals surface area contributed by atoms with Crippen molar-refractivity contribution in [1.29, 1.82) is 0 Å². The topological polar surface area (TPSA) is 83.9 Å². The molecule has 0 aromatic heterocycles. The van der Waals surface area contributed by atoms with E-state index in [0.717, 1.165) is 35.7 Å². The van der Waals surface area contributed by atoms with Crippen LogP contribution in [0, 0.1) is 0 Å². The lowest BCUT2D eigenvalue weighted by molar-refractivity contribution is -0.133. The van der Waals surface area contributed by atoms with Crippen LogP contribution in [0.4, 0.5) is 0 Å². The Balaban J connectivity index is 1.44. The Morgan fingerprint density at radius 3 is 2.40 bits per heavy atom. The first kappa shape index (κ1) is 29.6. The van der Waals surface area contributed by atoms with E-state index in [1.165, 1.54) is 5.01 Å². The minimum Gasteiger partial charge on any atom is -0.497 e. The second-order valence-corrected chi connectivity index (χ2v) is 10.5. The minimum absolute atomic E-state index is 0.153. The summed E-state index contributed by atoms with van der Waals surface area (Å²) in [7, 11) is 3.23. The van der Waals surface area contributed by atoms with E-state index >= 15 is 0 Å². The van der Waals surface area contributed by atoms with E-state index in [0.29, 0.717) is 49.1 Å². The summed E-state index contributed by atoms with van der Waals surface area (Å²) in [5.41, 5.74) is 2.86. The number of carbonyl (C=O) groups excluding carboxylic acids is 2. The fourth-order valence-electron chi connectivity index (χ4n) is 5.26. The molecule has 0 radical (unpaired) electrons. The Kier molecular flexibility index (Phi) is 9.74. The van der Waals surface area contributed by atoms with Crippen LogP contribution in [0.3, 0.4) is 0 Å². The first-order valence-corrected chi connectivity index (χ1v) is 14.4. The molecule has 3 aromatic rings. The number of amides is 2. The highest BCUT2D eigenvalue weighted by atomic mass is 35.5. The summed E-state index contributed by atoms with van der Waals surface area (Å²) in [4.78, 5) is 31.6. The summed E-state index contributed by atoms with van der Waals surface area (Å²) in [5, 5.41) is 6.66. The number of hydrazone groups is 1. The van der Waals surface area contributed by atoms with Gasteiger partial charge >= 0.3 is 0 Å². The predicted octanol–water partition coefficient (Wildman–Crippen LogP) is 4.51. The van der Waals surface area contributed by atoms with Crippen LogP contribution in [-0.2, 0) is 9.53 Å². The first-order chi connectivity index (χ1) is 20.5. The lowest BCUT2D eigenvalue weighted by Crippen LogP contribution is -2.46. The smallest absolute Gasteiger partial charge is 0.262 e. The third-order valence-electron chi connectivity index (χ3n) is 7.59. The summed E-state index contributed by atoms with van der Waals surface area (Å²) in [6.07, 6.45) is 0.491. The van der Waals surface area contributed by atoms with Gasteiger partial charge in [0, 0.05) is 38.2 Å². The van der Waals surface area contributed by atoms with Crippen molar-refractivity contribution < 1.29 is 23.8 Å². The first-order valence-electron chi connectivity index (χ1n) is 14.0. The van der Waals surface area contributed by atoms with Gasteiger partial charge in [0.1, 0.15) is 18.0 Å². The molecule has 0 unspecified atom stereocenters. The van der Waals surface area contributed by atoms with Crippen LogP contribution in [0.2, 0.25) is 5.02 Å². The SMILES string of the molecule is COc1ccc(C2=NN(C(=O)CN(CCN3CCOCC3)C(=O)c3ccccc3Cl)[C@@H](c3ccccc3OC)C2)cc1. The number of para-hydroxylation sites is 1. The van der Waals surface area contributed by atoms with E-state index in [1.807, 2.05) is 48.5 Å². The highest BCUT2D eigenvalue weighted by Crippen LogP contribution is 2.37. The second-order valence-electron chi connectivity index (χ2n) is 10.1. The van der Waals surface area contributed by atoms with Gasteiger partial charge in [0.2, 0.25) is 0 Å². The van der Waals surface area contributed by atoms with Gasteiger partial charge in [-0.2, -0.15) is 5.10 Å². The summed E-state index contributed by atoms with van der Waals surface area (Å²) >= 11 is 6.41. The van der Waals surface area contributed by atoms with Crippen molar-refractivity contribution in [3.63, 3.8) is 0 Å². The molecule has 9 nitrogen and oxygen atoms in total. The Hall–Kier alpha value is -3.92. The summed E-state index contributed by atoms with van der Waals surface area (Å²) in [6, 6.07) is 21.7. The number of ether oxygens (including phenoxy) is 3. The van der Waals surface area contributed by atoms with E-state index in [2.05, 4.69) is 4.90 Å². The Bertz CT molecular complexity index is 1420. The summed E-state index contributed by atoms with van der Waals surface area (Å²) in [5.74, 6) is 0.815. The van der Waals surface area contributed by atoms with Gasteiger partial charge in [0.25, 0.3) is 11.8 Å². The van der Waals surface area contributed by atoms with Gasteiger partial charge in [-0.25, -0.2) is 5.01 Å². The van der Waals surface area contributed by atoms with Crippen LogP contribution in [-0.4, -0.2) is 92.5 Å². The molecule has 1 fully saturated rings. The molecule has 0 bridgehead atoms. The normalized spacial score (nSPS) is 17.1. The fourth-order valence-corrected chi connectivity index (χ4v) is 5.48. The Morgan fingerprint density at radius 1 is 0.976 bits per heavy atom. The molecule has 2 aliphatic rings. The quantitative estimate of drug-likeness (QED) is 0.346. The van der Waals surface area contributed by atoms with Crippen molar-refractivity contribution in [3.05, 3.63) is 94.5 Å². The zero-order valence-electron chi connectivity index (χ0n) is 23.9. The fraction of sp³-hybridized carbons (Fsp3) is 0.344. The lowest BCUT2D eigenvalue weighted by atomic mass is 9.97. The monoisotopic (exact) mass is 590 g/mol. The van der Waals surface area contributed by atoms with Crippen molar-refractivity contribution in [2.75, 3.05) is 60.2 Å². The highest BCUT2D eigenvalue weighted by Gasteiger charge is 2.36. The molecule has 2 aliphatic heterocycles. The van der Waals surface area contributed by atoms with Gasteiger partial charge in [-0.15, -0.1) is 0 Å². The zero-order valence-corrected chi connectivity index (χ0v) is 24.6. The Morgan fingerprint density at radius 2 is 1.69 bits per heavy atom. The number of methoxy groups -OCH3 is 2. The summed E-state index contributed by atoms with van der Waals surface area (Å²) in [6.45, 7) is 3.67. The molecule has 2 heterocycles. The molecule has 0 saturated carbocycles. The van der Waals surface area contributed by atoms with Crippen LogP contribution < -0.4 is 9.47 Å². The van der Waals surface area contributed by atoms with Crippen molar-refractivity contribution in [2.45, 2.75) is 12.5 Å². The molecule has 42 heavy (non-hydrogen) atoms. The number of carbonyl (C=O) groups is 2. The van der Waals surface area contributed by atoms with E-state index in [9.17, 15) is 9.59 Å². The lowest BCUT2D eigenvalue weighted by Gasteiger charge is -2.31. The van der Waals surface area contributed by atoms with Crippen LogP contribution in [0.15, 0.2) is 77.9 Å². The third kappa shape index (κ3) is 6.75. The third-order valence-corrected chi connectivity index (χ3v) is 7.92. The van der Waals surface area contributed by atoms with Crippen LogP contribution in [0.5, 0.6) is 11.5 Å². The number of rotatable bonds is 10. The number of halogens is 1. The number of hydrogen-bond donors (Lipinski definition) is 0. The molecular formula is C32H35ClN4O5. The molecule has 2 amide bonds. The molecule has 1 atom stereocenters. The maximum atomic E-state index is 14.1. The number of hydrogen-bond acceptors (Lipinski definition) is 7. The average Bonchev–Trinajstić information content (AvgIpc) is 3.49. The largest absolute Gasteiger partial charge is 0.497 e. The Labute approximate surface area is 251 Å². The van der Waals surface area contributed by atoms with E-state index in [1.54, 1.807) is 43.4 Å².